The normalized spacial score (nSPS) is 19.0. The molecule has 0 spiro atoms. The molecule has 4 rings (SSSR count). The predicted octanol–water partition coefficient (Wildman–Crippen LogP) is 6.96. The van der Waals surface area contributed by atoms with Gasteiger partial charge in [-0.1, -0.05) is 71.7 Å². The first kappa shape index (κ1) is 20.0. The van der Waals surface area contributed by atoms with Gasteiger partial charge in [0, 0.05) is 22.0 Å². The van der Waals surface area contributed by atoms with Gasteiger partial charge >= 0.3 is 6.09 Å². The number of nitrogens with zero attached hydrogens (tertiary/aromatic N) is 1. The molecule has 0 aromatic heterocycles. The Morgan fingerprint density at radius 2 is 1.72 bits per heavy atom. The highest BCUT2D eigenvalue weighted by Crippen LogP contribution is 2.39. The summed E-state index contributed by atoms with van der Waals surface area (Å²) in [6, 6.07) is 18.1. The molecule has 6 heteroatoms. The molecule has 0 aliphatic heterocycles. The van der Waals surface area contributed by atoms with Crippen molar-refractivity contribution in [3.8, 4) is 0 Å². The molecule has 0 N–H and O–H groups in total. The van der Waals surface area contributed by atoms with E-state index >= 15 is 0 Å². The third-order valence-electron chi connectivity index (χ3n) is 5.34. The number of hydrogen-bond donors (Lipinski definition) is 0. The first-order chi connectivity index (χ1) is 14.0. The van der Waals surface area contributed by atoms with Crippen LogP contribution in [0.4, 0.5) is 9.18 Å². The summed E-state index contributed by atoms with van der Waals surface area (Å²) in [4.78, 5) is 14.5. The Morgan fingerprint density at radius 1 is 1.10 bits per heavy atom. The van der Waals surface area contributed by atoms with Crippen molar-refractivity contribution >= 4 is 40.1 Å². The van der Waals surface area contributed by atoms with Gasteiger partial charge in [0.2, 0.25) is 0 Å². The van der Waals surface area contributed by atoms with E-state index in [0.29, 0.717) is 22.0 Å². The van der Waals surface area contributed by atoms with E-state index in [2.05, 4.69) is 0 Å². The third-order valence-corrected chi connectivity index (χ3v) is 6.05. The molecule has 3 atom stereocenters. The molecule has 1 aliphatic carbocycles. The lowest BCUT2D eigenvalue weighted by atomic mass is 9.99. The fourth-order valence-corrected chi connectivity index (χ4v) is 4.17. The molecule has 1 fully saturated rings. The second-order valence-electron chi connectivity index (χ2n) is 7.23. The summed E-state index contributed by atoms with van der Waals surface area (Å²) in [6.07, 6.45) is -1.30. The van der Waals surface area contributed by atoms with Crippen LogP contribution >= 0.6 is 23.2 Å². The zero-order valence-electron chi connectivity index (χ0n) is 15.8. The van der Waals surface area contributed by atoms with E-state index < -0.39 is 18.3 Å². The summed E-state index contributed by atoms with van der Waals surface area (Å²) in [5.41, 5.74) is 1.49. The molecule has 1 amide bonds. The molecule has 0 unspecified atom stereocenters. The highest BCUT2D eigenvalue weighted by Gasteiger charge is 2.47. The van der Waals surface area contributed by atoms with Crippen molar-refractivity contribution < 1.29 is 13.9 Å². The monoisotopic (exact) mass is 431 g/mol. The van der Waals surface area contributed by atoms with E-state index in [1.807, 2.05) is 49.4 Å². The van der Waals surface area contributed by atoms with Crippen molar-refractivity contribution in [1.29, 1.82) is 0 Å². The maximum absolute atomic E-state index is 14.0. The number of rotatable bonds is 5. The van der Waals surface area contributed by atoms with E-state index in [0.717, 1.165) is 16.3 Å². The smallest absolute Gasteiger partial charge is 0.410 e. The number of fused-ring (bicyclic) bond motifs is 1. The topological polar surface area (TPSA) is 29.5 Å². The first-order valence-corrected chi connectivity index (χ1v) is 10.2. The summed E-state index contributed by atoms with van der Waals surface area (Å²) in [5, 5.41) is 2.95. The number of hydrogen-bond acceptors (Lipinski definition) is 2. The molecule has 0 bridgehead atoms. The molecule has 3 nitrogen and oxygen atoms in total. The minimum atomic E-state index is -1.04. The Balaban J connectivity index is 1.60. The van der Waals surface area contributed by atoms with Gasteiger partial charge in [-0.05, 0) is 35.4 Å². The van der Waals surface area contributed by atoms with Crippen molar-refractivity contribution in [3.05, 3.63) is 81.8 Å². The van der Waals surface area contributed by atoms with E-state index in [1.165, 1.54) is 4.90 Å². The fraction of sp³-hybridized carbons (Fsp3) is 0.261. The van der Waals surface area contributed by atoms with Crippen molar-refractivity contribution in [2.45, 2.75) is 38.2 Å². The molecule has 0 radical (unpaired) electrons. The summed E-state index contributed by atoms with van der Waals surface area (Å²) in [5.74, 6) is 0. The molecule has 0 heterocycles. The molecule has 150 valence electrons. The zero-order valence-corrected chi connectivity index (χ0v) is 17.3. The van der Waals surface area contributed by atoms with Crippen LogP contribution in [0.15, 0.2) is 60.7 Å². The van der Waals surface area contributed by atoms with Crippen LogP contribution in [0, 0.1) is 0 Å². The molecule has 0 saturated heterocycles. The second kappa shape index (κ2) is 8.21. The maximum Gasteiger partial charge on any atom is 0.410 e. The van der Waals surface area contributed by atoms with E-state index in [4.69, 9.17) is 27.9 Å². The maximum atomic E-state index is 14.0. The SMILES string of the molecule is C[C@@H](c1cccc2ccccc12)N(C(=O)OCc1c(Cl)cccc1Cl)[C@@H]1C[C@@H]1F. The Labute approximate surface area is 179 Å². The Hall–Kier alpha value is -2.30. The van der Waals surface area contributed by atoms with Crippen molar-refractivity contribution in [3.63, 3.8) is 0 Å². The Morgan fingerprint density at radius 3 is 2.41 bits per heavy atom. The minimum Gasteiger partial charge on any atom is -0.444 e. The van der Waals surface area contributed by atoms with Gasteiger partial charge in [0.1, 0.15) is 12.8 Å². The van der Waals surface area contributed by atoms with Gasteiger partial charge in [0.05, 0.1) is 12.1 Å². The van der Waals surface area contributed by atoms with E-state index in [1.54, 1.807) is 18.2 Å². The minimum absolute atomic E-state index is 0.0697. The van der Waals surface area contributed by atoms with Crippen LogP contribution in [0.25, 0.3) is 10.8 Å². The van der Waals surface area contributed by atoms with Gasteiger partial charge in [-0.2, -0.15) is 0 Å². The van der Waals surface area contributed by atoms with Crippen molar-refractivity contribution in [1.82, 2.24) is 4.90 Å². The van der Waals surface area contributed by atoms with Crippen LogP contribution in [0.3, 0.4) is 0 Å². The third kappa shape index (κ3) is 4.05. The van der Waals surface area contributed by atoms with Gasteiger partial charge in [-0.3, -0.25) is 4.90 Å². The van der Waals surface area contributed by atoms with Crippen LogP contribution in [0.2, 0.25) is 10.0 Å². The van der Waals surface area contributed by atoms with Crippen molar-refractivity contribution in [2.75, 3.05) is 0 Å². The molecular weight excluding hydrogens is 412 g/mol. The van der Waals surface area contributed by atoms with Gasteiger partial charge in [-0.25, -0.2) is 9.18 Å². The summed E-state index contributed by atoms with van der Waals surface area (Å²) < 4.78 is 19.5. The number of carbonyl (C=O) groups excluding carboxylic acids is 1. The van der Waals surface area contributed by atoms with Gasteiger partial charge in [-0.15, -0.1) is 0 Å². The standard InChI is InChI=1S/C23H20Cl2FNO2/c1-14(16-9-4-7-15-6-2-3-8-17(15)16)27(22-12-21(22)26)23(28)29-13-18-19(24)10-5-11-20(18)25/h2-11,14,21-22H,12-13H2,1H3/t14-,21-,22+/m0/s1. The van der Waals surface area contributed by atoms with Gasteiger partial charge in [0.15, 0.2) is 0 Å². The average Bonchev–Trinajstić information content (AvgIpc) is 3.43. The van der Waals surface area contributed by atoms with E-state index in [9.17, 15) is 9.18 Å². The van der Waals surface area contributed by atoms with Gasteiger partial charge < -0.3 is 4.74 Å². The van der Waals surface area contributed by atoms with E-state index in [-0.39, 0.29) is 12.6 Å². The molecular formula is C23H20Cl2FNO2. The summed E-state index contributed by atoms with van der Waals surface area (Å²) >= 11 is 12.3. The molecule has 1 aliphatic rings. The van der Waals surface area contributed by atoms with Crippen LogP contribution in [0.1, 0.15) is 30.5 Å². The molecule has 29 heavy (non-hydrogen) atoms. The lowest BCUT2D eigenvalue weighted by Gasteiger charge is -2.29. The number of alkyl halides is 1. The van der Waals surface area contributed by atoms with Crippen LogP contribution in [0.5, 0.6) is 0 Å². The number of carbonyl (C=O) groups is 1. The highest BCUT2D eigenvalue weighted by molar-refractivity contribution is 6.35. The number of halogens is 3. The Kier molecular flexibility index (Phi) is 5.66. The lowest BCUT2D eigenvalue weighted by molar-refractivity contribution is 0.0764. The van der Waals surface area contributed by atoms with Crippen LogP contribution in [-0.2, 0) is 11.3 Å². The van der Waals surface area contributed by atoms with Crippen LogP contribution < -0.4 is 0 Å². The molecule has 3 aromatic carbocycles. The van der Waals surface area contributed by atoms with Gasteiger partial charge in [0.25, 0.3) is 0 Å². The van der Waals surface area contributed by atoms with Crippen molar-refractivity contribution in [2.24, 2.45) is 0 Å². The predicted molar refractivity (Wildman–Crippen MR) is 114 cm³/mol. The first-order valence-electron chi connectivity index (χ1n) is 9.47. The zero-order chi connectivity index (χ0) is 20.5. The largest absolute Gasteiger partial charge is 0.444 e. The van der Waals surface area contributed by atoms with Crippen LogP contribution in [-0.4, -0.2) is 23.2 Å². The number of amides is 1. The Bertz CT molecular complexity index is 1030. The number of benzene rings is 3. The second-order valence-corrected chi connectivity index (χ2v) is 8.04. The molecule has 1 saturated carbocycles. The average molecular weight is 432 g/mol. The quantitative estimate of drug-likeness (QED) is 0.436. The molecule has 3 aromatic rings. The highest BCUT2D eigenvalue weighted by atomic mass is 35.5. The lowest BCUT2D eigenvalue weighted by Crippen LogP contribution is -2.37. The summed E-state index contributed by atoms with van der Waals surface area (Å²) in [7, 11) is 0. The number of ether oxygens (including phenoxy) is 1. The fourth-order valence-electron chi connectivity index (χ4n) is 3.66. The summed E-state index contributed by atoms with van der Waals surface area (Å²) in [6.45, 7) is 1.83.